The van der Waals surface area contributed by atoms with Crippen LogP contribution in [0.3, 0.4) is 0 Å². The third-order valence-corrected chi connectivity index (χ3v) is 1.98. The van der Waals surface area contributed by atoms with Crippen molar-refractivity contribution in [3.63, 3.8) is 0 Å². The van der Waals surface area contributed by atoms with E-state index in [2.05, 4.69) is 21.8 Å². The van der Waals surface area contributed by atoms with Gasteiger partial charge in [0.25, 0.3) is 0 Å². The van der Waals surface area contributed by atoms with Crippen molar-refractivity contribution < 1.29 is 5.11 Å². The van der Waals surface area contributed by atoms with E-state index in [0.29, 0.717) is 11.6 Å². The van der Waals surface area contributed by atoms with Crippen LogP contribution in [0.25, 0.3) is 0 Å². The summed E-state index contributed by atoms with van der Waals surface area (Å²) in [5.74, 6) is 5.96. The zero-order valence-corrected chi connectivity index (χ0v) is 7.20. The molecule has 66 valence electrons. The zero-order valence-electron chi connectivity index (χ0n) is 7.20. The molecule has 0 spiro atoms. The van der Waals surface area contributed by atoms with Gasteiger partial charge in [-0.15, -0.1) is 0 Å². The SMILES string of the molecule is OCC#Cc1cc(C2CC2)ncn1. The zero-order chi connectivity index (χ0) is 9.10. The molecule has 1 aromatic heterocycles. The summed E-state index contributed by atoms with van der Waals surface area (Å²) in [5, 5.41) is 8.50. The van der Waals surface area contributed by atoms with E-state index in [1.807, 2.05) is 6.07 Å². The summed E-state index contributed by atoms with van der Waals surface area (Å²) < 4.78 is 0. The van der Waals surface area contributed by atoms with Gasteiger partial charge in [-0.3, -0.25) is 0 Å². The second-order valence-electron chi connectivity index (χ2n) is 3.06. The number of aliphatic hydroxyl groups excluding tert-OH is 1. The first-order chi connectivity index (χ1) is 6.40. The number of nitrogens with zero attached hydrogens (tertiary/aromatic N) is 2. The summed E-state index contributed by atoms with van der Waals surface area (Å²) in [6.07, 6.45) is 3.99. The van der Waals surface area contributed by atoms with Gasteiger partial charge in [-0.2, -0.15) is 0 Å². The molecule has 0 bridgehead atoms. The first-order valence-electron chi connectivity index (χ1n) is 4.32. The first-order valence-corrected chi connectivity index (χ1v) is 4.32. The van der Waals surface area contributed by atoms with E-state index in [9.17, 15) is 0 Å². The predicted octanol–water partition coefficient (Wildman–Crippen LogP) is 0.698. The van der Waals surface area contributed by atoms with E-state index in [4.69, 9.17) is 5.11 Å². The topological polar surface area (TPSA) is 46.0 Å². The summed E-state index contributed by atoms with van der Waals surface area (Å²) in [7, 11) is 0. The normalized spacial score (nSPS) is 14.8. The number of hydrogen-bond acceptors (Lipinski definition) is 3. The molecule has 1 aromatic rings. The van der Waals surface area contributed by atoms with Crippen LogP contribution in [0.15, 0.2) is 12.4 Å². The lowest BCUT2D eigenvalue weighted by Crippen LogP contribution is -1.91. The summed E-state index contributed by atoms with van der Waals surface area (Å²) in [4.78, 5) is 8.16. The summed E-state index contributed by atoms with van der Waals surface area (Å²) in [6.45, 7) is -0.122. The Morgan fingerprint density at radius 3 is 3.00 bits per heavy atom. The van der Waals surface area contributed by atoms with Gasteiger partial charge >= 0.3 is 0 Å². The van der Waals surface area contributed by atoms with Gasteiger partial charge in [0.2, 0.25) is 0 Å². The molecule has 0 unspecified atom stereocenters. The molecule has 13 heavy (non-hydrogen) atoms. The Bertz CT molecular complexity index is 361. The largest absolute Gasteiger partial charge is 0.384 e. The van der Waals surface area contributed by atoms with Crippen LogP contribution in [0.2, 0.25) is 0 Å². The maximum absolute atomic E-state index is 8.50. The van der Waals surface area contributed by atoms with E-state index in [1.165, 1.54) is 19.2 Å². The van der Waals surface area contributed by atoms with Gasteiger partial charge in [0.05, 0.1) is 0 Å². The predicted molar refractivity (Wildman–Crippen MR) is 48.0 cm³/mol. The lowest BCUT2D eigenvalue weighted by molar-refractivity contribution is 0.350. The van der Waals surface area contributed by atoms with Crippen LogP contribution in [-0.4, -0.2) is 21.7 Å². The molecule has 0 radical (unpaired) electrons. The van der Waals surface area contributed by atoms with Crippen molar-refractivity contribution in [3.8, 4) is 11.8 Å². The van der Waals surface area contributed by atoms with Gasteiger partial charge < -0.3 is 5.11 Å². The fraction of sp³-hybridized carbons (Fsp3) is 0.400. The van der Waals surface area contributed by atoms with Crippen LogP contribution >= 0.6 is 0 Å². The molecule has 1 aliphatic carbocycles. The average Bonchev–Trinajstić information content (AvgIpc) is 2.98. The maximum Gasteiger partial charge on any atom is 0.117 e. The van der Waals surface area contributed by atoms with Crippen molar-refractivity contribution in [2.45, 2.75) is 18.8 Å². The van der Waals surface area contributed by atoms with Crippen molar-refractivity contribution in [2.75, 3.05) is 6.61 Å². The molecular formula is C10H10N2O. The quantitative estimate of drug-likeness (QED) is 0.637. The maximum atomic E-state index is 8.50. The van der Waals surface area contributed by atoms with E-state index in [0.717, 1.165) is 5.69 Å². The summed E-state index contributed by atoms with van der Waals surface area (Å²) in [6, 6.07) is 1.90. The van der Waals surface area contributed by atoms with Crippen molar-refractivity contribution in [2.24, 2.45) is 0 Å². The van der Waals surface area contributed by atoms with Crippen LogP contribution in [0, 0.1) is 11.8 Å². The van der Waals surface area contributed by atoms with Crippen LogP contribution in [0.5, 0.6) is 0 Å². The van der Waals surface area contributed by atoms with Gasteiger partial charge in [-0.1, -0.05) is 5.92 Å². The lowest BCUT2D eigenvalue weighted by atomic mass is 10.2. The Balaban J connectivity index is 2.21. The Morgan fingerprint density at radius 1 is 1.46 bits per heavy atom. The third kappa shape index (κ3) is 2.04. The van der Waals surface area contributed by atoms with Crippen LogP contribution in [-0.2, 0) is 0 Å². The van der Waals surface area contributed by atoms with Gasteiger partial charge in [-0.25, -0.2) is 9.97 Å². The molecule has 0 aliphatic heterocycles. The fourth-order valence-corrected chi connectivity index (χ4v) is 1.17. The second kappa shape index (κ2) is 3.55. The van der Waals surface area contributed by atoms with E-state index in [1.54, 1.807) is 0 Å². The minimum absolute atomic E-state index is 0.122. The van der Waals surface area contributed by atoms with Crippen LogP contribution in [0.1, 0.15) is 30.1 Å². The summed E-state index contributed by atoms with van der Waals surface area (Å²) >= 11 is 0. The molecule has 0 amide bonds. The van der Waals surface area contributed by atoms with Gasteiger partial charge in [0.15, 0.2) is 0 Å². The van der Waals surface area contributed by atoms with E-state index >= 15 is 0 Å². The minimum Gasteiger partial charge on any atom is -0.384 e. The van der Waals surface area contributed by atoms with Gasteiger partial charge in [0.1, 0.15) is 18.6 Å². The molecule has 1 heterocycles. The van der Waals surface area contributed by atoms with E-state index in [-0.39, 0.29) is 6.61 Å². The molecule has 2 rings (SSSR count). The number of hydrogen-bond donors (Lipinski definition) is 1. The standard InChI is InChI=1S/C10H10N2O/c13-5-1-2-9-6-10(8-3-4-8)12-7-11-9/h6-8,13H,3-5H2. The third-order valence-electron chi connectivity index (χ3n) is 1.98. The molecule has 3 heteroatoms. The first kappa shape index (κ1) is 8.21. The fourth-order valence-electron chi connectivity index (χ4n) is 1.17. The average molecular weight is 174 g/mol. The highest BCUT2D eigenvalue weighted by Gasteiger charge is 2.24. The smallest absolute Gasteiger partial charge is 0.117 e. The number of aliphatic hydroxyl groups is 1. The monoisotopic (exact) mass is 174 g/mol. The van der Waals surface area contributed by atoms with Crippen molar-refractivity contribution >= 4 is 0 Å². The molecule has 1 saturated carbocycles. The Hall–Kier alpha value is -1.40. The molecule has 3 nitrogen and oxygen atoms in total. The summed E-state index contributed by atoms with van der Waals surface area (Å²) in [5.41, 5.74) is 1.78. The molecule has 1 N–H and O–H groups in total. The van der Waals surface area contributed by atoms with Crippen LogP contribution < -0.4 is 0 Å². The molecule has 0 atom stereocenters. The van der Waals surface area contributed by atoms with Crippen molar-refractivity contribution in [1.82, 2.24) is 9.97 Å². The molecular weight excluding hydrogens is 164 g/mol. The second-order valence-corrected chi connectivity index (χ2v) is 3.06. The Labute approximate surface area is 76.8 Å². The van der Waals surface area contributed by atoms with Gasteiger partial charge in [0, 0.05) is 11.6 Å². The highest BCUT2D eigenvalue weighted by molar-refractivity contribution is 5.30. The van der Waals surface area contributed by atoms with Crippen molar-refractivity contribution in [3.05, 3.63) is 23.8 Å². The highest BCUT2D eigenvalue weighted by Crippen LogP contribution is 2.38. The minimum atomic E-state index is -0.122. The molecule has 1 fully saturated rings. The van der Waals surface area contributed by atoms with Crippen LogP contribution in [0.4, 0.5) is 0 Å². The number of rotatable bonds is 1. The number of aromatic nitrogens is 2. The molecule has 0 aromatic carbocycles. The van der Waals surface area contributed by atoms with E-state index < -0.39 is 0 Å². The highest BCUT2D eigenvalue weighted by atomic mass is 16.2. The lowest BCUT2D eigenvalue weighted by Gasteiger charge is -1.95. The van der Waals surface area contributed by atoms with Crippen molar-refractivity contribution in [1.29, 1.82) is 0 Å². The molecule has 1 aliphatic rings. The Kier molecular flexibility index (Phi) is 2.24. The Morgan fingerprint density at radius 2 is 2.31 bits per heavy atom. The molecule has 0 saturated heterocycles. The van der Waals surface area contributed by atoms with Gasteiger partial charge in [-0.05, 0) is 24.8 Å².